The number of amides is 1. The average Bonchev–Trinajstić information content (AvgIpc) is 2.19. The number of carbonyl (C=O) groups is 1. The van der Waals surface area contributed by atoms with E-state index in [1.165, 1.54) is 7.11 Å². The molecule has 0 aromatic heterocycles. The van der Waals surface area contributed by atoms with Crippen molar-refractivity contribution in [3.8, 4) is 11.8 Å². The van der Waals surface area contributed by atoms with Gasteiger partial charge in [0.25, 0.3) is 0 Å². The van der Waals surface area contributed by atoms with Gasteiger partial charge in [-0.05, 0) is 12.1 Å². The number of para-hydroxylation sites is 2. The molecule has 0 atom stereocenters. The molecule has 4 heteroatoms. The molecule has 0 aliphatic carbocycles. The molecule has 14 heavy (non-hydrogen) atoms. The van der Waals surface area contributed by atoms with Crippen LogP contribution in [0.5, 0.6) is 5.75 Å². The highest BCUT2D eigenvalue weighted by Crippen LogP contribution is 2.22. The van der Waals surface area contributed by atoms with Gasteiger partial charge in [0.05, 0.1) is 18.9 Å². The summed E-state index contributed by atoms with van der Waals surface area (Å²) in [5.74, 6) is 0.246. The number of methoxy groups -OCH3 is 1. The molecule has 0 fully saturated rings. The van der Waals surface area contributed by atoms with Crippen LogP contribution in [0.15, 0.2) is 24.3 Å². The van der Waals surface area contributed by atoms with Crippen LogP contribution in [-0.2, 0) is 4.79 Å². The lowest BCUT2D eigenvalue weighted by molar-refractivity contribution is -0.115. The maximum atomic E-state index is 11.1. The summed E-state index contributed by atoms with van der Waals surface area (Å²) in [4.78, 5) is 11.1. The number of ether oxygens (including phenoxy) is 1. The van der Waals surface area contributed by atoms with Crippen molar-refractivity contribution < 1.29 is 9.53 Å². The van der Waals surface area contributed by atoms with Gasteiger partial charge in [0.1, 0.15) is 12.2 Å². The Morgan fingerprint density at radius 3 is 2.93 bits per heavy atom. The molecular weight excluding hydrogens is 180 g/mol. The van der Waals surface area contributed by atoms with E-state index in [4.69, 9.17) is 10.00 Å². The third-order valence-corrected chi connectivity index (χ3v) is 1.62. The summed E-state index contributed by atoms with van der Waals surface area (Å²) < 4.78 is 5.03. The predicted molar refractivity (Wildman–Crippen MR) is 51.9 cm³/mol. The fourth-order valence-electron chi connectivity index (χ4n) is 1.01. The first-order valence-electron chi connectivity index (χ1n) is 4.07. The lowest BCUT2D eigenvalue weighted by Crippen LogP contribution is -2.10. The maximum Gasteiger partial charge on any atom is 0.238 e. The third kappa shape index (κ3) is 2.49. The highest BCUT2D eigenvalue weighted by Gasteiger charge is 2.05. The molecule has 1 N–H and O–H groups in total. The van der Waals surface area contributed by atoms with Crippen LogP contribution in [0.25, 0.3) is 0 Å². The first-order valence-corrected chi connectivity index (χ1v) is 4.07. The zero-order chi connectivity index (χ0) is 10.4. The number of anilines is 1. The topological polar surface area (TPSA) is 62.1 Å². The van der Waals surface area contributed by atoms with Crippen LogP contribution >= 0.6 is 0 Å². The van der Waals surface area contributed by atoms with E-state index in [0.29, 0.717) is 11.4 Å². The molecule has 1 rings (SSSR count). The van der Waals surface area contributed by atoms with E-state index in [1.54, 1.807) is 30.3 Å². The standard InChI is InChI=1S/C10H10N2O2/c1-14-9-5-3-2-4-8(9)12-10(13)6-7-11/h2-5H,6H2,1H3,(H,12,13). The molecule has 0 saturated heterocycles. The van der Waals surface area contributed by atoms with Gasteiger partial charge in [-0.3, -0.25) is 4.79 Å². The van der Waals surface area contributed by atoms with Crippen LogP contribution in [0.3, 0.4) is 0 Å². The number of rotatable bonds is 3. The van der Waals surface area contributed by atoms with Crippen molar-refractivity contribution in [1.29, 1.82) is 5.26 Å². The molecule has 72 valence electrons. The van der Waals surface area contributed by atoms with E-state index in [9.17, 15) is 4.79 Å². The van der Waals surface area contributed by atoms with Crippen molar-refractivity contribution in [2.45, 2.75) is 6.42 Å². The Kier molecular flexibility index (Phi) is 3.50. The van der Waals surface area contributed by atoms with E-state index < -0.39 is 0 Å². The van der Waals surface area contributed by atoms with Gasteiger partial charge < -0.3 is 10.1 Å². The summed E-state index contributed by atoms with van der Waals surface area (Å²) in [6, 6.07) is 8.81. The van der Waals surface area contributed by atoms with Gasteiger partial charge in [0.2, 0.25) is 5.91 Å². The second-order valence-electron chi connectivity index (χ2n) is 2.58. The van der Waals surface area contributed by atoms with E-state index in [0.717, 1.165) is 0 Å². The van der Waals surface area contributed by atoms with Crippen LogP contribution in [0.1, 0.15) is 6.42 Å². The largest absolute Gasteiger partial charge is 0.495 e. The Morgan fingerprint density at radius 1 is 1.57 bits per heavy atom. The maximum absolute atomic E-state index is 11.1. The van der Waals surface area contributed by atoms with Gasteiger partial charge in [-0.2, -0.15) is 5.26 Å². The quantitative estimate of drug-likeness (QED) is 0.786. The minimum absolute atomic E-state index is 0.155. The highest BCUT2D eigenvalue weighted by molar-refractivity contribution is 5.93. The zero-order valence-corrected chi connectivity index (χ0v) is 7.78. The Hall–Kier alpha value is -2.02. The van der Waals surface area contributed by atoms with Gasteiger partial charge in [-0.15, -0.1) is 0 Å². The Morgan fingerprint density at radius 2 is 2.29 bits per heavy atom. The van der Waals surface area contributed by atoms with E-state index in [2.05, 4.69) is 5.32 Å². The lowest BCUT2D eigenvalue weighted by Gasteiger charge is -2.07. The molecule has 1 aromatic rings. The van der Waals surface area contributed by atoms with Crippen molar-refractivity contribution in [1.82, 2.24) is 0 Å². The molecule has 0 spiro atoms. The minimum Gasteiger partial charge on any atom is -0.495 e. The molecule has 4 nitrogen and oxygen atoms in total. The molecule has 1 aromatic carbocycles. The number of benzene rings is 1. The van der Waals surface area contributed by atoms with Crippen LogP contribution < -0.4 is 10.1 Å². The molecule has 0 radical (unpaired) electrons. The molecule has 0 aliphatic heterocycles. The van der Waals surface area contributed by atoms with E-state index in [-0.39, 0.29) is 12.3 Å². The fraction of sp³-hybridized carbons (Fsp3) is 0.200. The first-order chi connectivity index (χ1) is 6.77. The van der Waals surface area contributed by atoms with Crippen molar-refractivity contribution in [2.75, 3.05) is 12.4 Å². The number of nitrogens with zero attached hydrogens (tertiary/aromatic N) is 1. The van der Waals surface area contributed by atoms with Crippen molar-refractivity contribution >= 4 is 11.6 Å². The van der Waals surface area contributed by atoms with Crippen molar-refractivity contribution in [3.63, 3.8) is 0 Å². The van der Waals surface area contributed by atoms with Gasteiger partial charge in [-0.1, -0.05) is 12.1 Å². The number of nitriles is 1. The SMILES string of the molecule is COc1ccccc1NC(=O)CC#N. The van der Waals surface area contributed by atoms with Crippen LogP contribution in [0.2, 0.25) is 0 Å². The lowest BCUT2D eigenvalue weighted by atomic mass is 10.3. The summed E-state index contributed by atoms with van der Waals surface area (Å²) in [6.45, 7) is 0. The normalized spacial score (nSPS) is 8.86. The van der Waals surface area contributed by atoms with Crippen LogP contribution in [0, 0.1) is 11.3 Å². The average molecular weight is 190 g/mol. The van der Waals surface area contributed by atoms with Gasteiger partial charge in [0.15, 0.2) is 0 Å². The fourth-order valence-corrected chi connectivity index (χ4v) is 1.01. The number of carbonyl (C=O) groups excluding carboxylic acids is 1. The molecule has 1 amide bonds. The molecule has 0 saturated carbocycles. The van der Waals surface area contributed by atoms with Gasteiger partial charge >= 0.3 is 0 Å². The second kappa shape index (κ2) is 4.87. The number of nitrogens with one attached hydrogen (secondary N) is 1. The summed E-state index contributed by atoms with van der Waals surface area (Å²) in [5.41, 5.74) is 0.579. The Labute approximate surface area is 82.1 Å². The smallest absolute Gasteiger partial charge is 0.238 e. The number of hydrogen-bond donors (Lipinski definition) is 1. The number of hydrogen-bond acceptors (Lipinski definition) is 3. The third-order valence-electron chi connectivity index (χ3n) is 1.62. The van der Waals surface area contributed by atoms with Crippen LogP contribution in [-0.4, -0.2) is 13.0 Å². The highest BCUT2D eigenvalue weighted by atomic mass is 16.5. The summed E-state index contributed by atoms with van der Waals surface area (Å²) >= 11 is 0. The minimum atomic E-state index is -0.336. The Bertz CT molecular complexity index is 369. The van der Waals surface area contributed by atoms with Crippen LogP contribution in [0.4, 0.5) is 5.69 Å². The molecule has 0 heterocycles. The van der Waals surface area contributed by atoms with E-state index >= 15 is 0 Å². The Balaban J connectivity index is 2.76. The van der Waals surface area contributed by atoms with E-state index in [1.807, 2.05) is 0 Å². The summed E-state index contributed by atoms with van der Waals surface area (Å²) in [7, 11) is 1.52. The monoisotopic (exact) mass is 190 g/mol. The first kappa shape index (κ1) is 10.1. The second-order valence-corrected chi connectivity index (χ2v) is 2.58. The predicted octanol–water partition coefficient (Wildman–Crippen LogP) is 1.55. The molecule has 0 bridgehead atoms. The van der Waals surface area contributed by atoms with Crippen molar-refractivity contribution in [3.05, 3.63) is 24.3 Å². The molecule has 0 unspecified atom stereocenters. The summed E-state index contributed by atoms with van der Waals surface area (Å²) in [5, 5.41) is 10.9. The van der Waals surface area contributed by atoms with Gasteiger partial charge in [-0.25, -0.2) is 0 Å². The van der Waals surface area contributed by atoms with Crippen molar-refractivity contribution in [2.24, 2.45) is 0 Å². The van der Waals surface area contributed by atoms with Gasteiger partial charge in [0, 0.05) is 0 Å². The summed E-state index contributed by atoms with van der Waals surface area (Å²) in [6.07, 6.45) is -0.155. The molecular formula is C10H10N2O2. The zero-order valence-electron chi connectivity index (χ0n) is 7.78. The molecule has 0 aliphatic rings.